The zero-order valence-electron chi connectivity index (χ0n) is 65.3. The lowest BCUT2D eigenvalue weighted by molar-refractivity contribution is -0.180. The Labute approximate surface area is 662 Å². The number of alkyl halides is 4. The largest absolute Gasteiger partial charge is 0.462 e. The van der Waals surface area contributed by atoms with Crippen LogP contribution in [0.15, 0.2) is 141 Å². The smallest absolute Gasteiger partial charge is 0.323 e. The number of aliphatic hydroxyl groups is 2. The number of rotatable bonds is 30. The molecule has 47 heteroatoms. The van der Waals surface area contributed by atoms with Gasteiger partial charge in [-0.2, -0.15) is 0 Å². The topological polar surface area (TPSA) is 627 Å². The Morgan fingerprint density at radius 2 is 0.879 bits per heavy atom. The van der Waals surface area contributed by atoms with Crippen molar-refractivity contribution in [3.63, 3.8) is 0 Å². The van der Waals surface area contributed by atoms with Crippen molar-refractivity contribution in [3.8, 4) is 0 Å². The number of ether oxygens (including phenoxy) is 10. The minimum atomic E-state index is -1.98. The van der Waals surface area contributed by atoms with Gasteiger partial charge < -0.3 is 111 Å². The molecule has 0 aromatic carbocycles. The van der Waals surface area contributed by atoms with Crippen LogP contribution in [-0.4, -0.2) is 244 Å². The highest BCUT2D eigenvalue weighted by Gasteiger charge is 2.64. The second-order valence-electron chi connectivity index (χ2n) is 28.2. The Hall–Kier alpha value is -11.5. The van der Waals surface area contributed by atoms with Crippen molar-refractivity contribution in [2.24, 2.45) is 82.8 Å². The minimum Gasteiger partial charge on any atom is -0.462 e. The molecule has 0 aliphatic carbocycles. The molecule has 4 saturated heterocycles. The summed E-state index contributed by atoms with van der Waals surface area (Å²) in [4.78, 5) is 107. The van der Waals surface area contributed by atoms with Gasteiger partial charge in [0.2, 0.25) is 0 Å². The van der Waals surface area contributed by atoms with E-state index >= 15 is 8.78 Å². The van der Waals surface area contributed by atoms with Gasteiger partial charge in [0.1, 0.15) is 91.1 Å². The summed E-state index contributed by atoms with van der Waals surface area (Å²) in [5.41, 5.74) is 57.0. The third-order valence-electron chi connectivity index (χ3n) is 18.3. The van der Waals surface area contributed by atoms with E-state index in [1.807, 2.05) is 0 Å². The number of amides is 1. The van der Waals surface area contributed by atoms with Crippen LogP contribution in [0, 0.1) is 23.7 Å². The van der Waals surface area contributed by atoms with Crippen LogP contribution in [0.1, 0.15) is 82.1 Å². The average molecular weight is 1640 g/mol. The molecule has 116 heavy (non-hydrogen) atoms. The van der Waals surface area contributed by atoms with Crippen molar-refractivity contribution in [1.29, 1.82) is 0 Å². The number of amidine groups is 2. The molecule has 0 saturated carbocycles. The van der Waals surface area contributed by atoms with Crippen LogP contribution in [0.3, 0.4) is 0 Å². The molecule has 0 radical (unpaired) electrons. The van der Waals surface area contributed by atoms with E-state index in [0.717, 1.165) is 6.08 Å². The third-order valence-corrected chi connectivity index (χ3v) is 18.3. The molecule has 0 aromatic heterocycles. The Bertz CT molecular complexity index is 4090. The monoisotopic (exact) mass is 1640 g/mol. The van der Waals surface area contributed by atoms with Crippen LogP contribution in [-0.2, 0) is 80.9 Å². The number of hydrogen-bond acceptors (Lipinski definition) is 34. The van der Waals surface area contributed by atoms with Gasteiger partial charge in [-0.3, -0.25) is 33.6 Å². The molecule has 43 nitrogen and oxygen atoms in total. The fraction of sp³-hybridized carbons (Fsp3) is 0.609. The molecule has 8 aliphatic heterocycles. The summed E-state index contributed by atoms with van der Waals surface area (Å²) in [5.74, 6) is -5.32. The van der Waals surface area contributed by atoms with E-state index in [4.69, 9.17) is 98.2 Å². The number of esters is 6. The standard InChI is InChI=1S/C19H27FN6O5.C17H23FN6O5.C17H25FN6O4.C16H23FN6O5/c1-10(2)17(27)29-9-19(8-23-25-22)15(30-18(28)11(3)4)14(20)16(31-19)26-7-6-13(21)24-12(26)5;1-4-12(25)27-9-17(8-21-23-20)15(28-13(26)5-2)14(18)16(29-17)24-7-6-11(19)22-10(24)3;1-9(2)13(20)16(26)27-8-17(7-22-23-21)14(25)12(18)15(28-17)24-5-4-11(19)6-10(24)3;1-8(2)12(18)15(26)27-7-16(6-20-22-19)13(25)11(17)14(28-16)23-5-4-10(24)21-9(23)3/h6-7,10-11,14-16H,5,8-9H2,1-4H3,(H2,21,24);6-7,14-16H,3-5,8-9H2,1-2H3,(H2,19,22);4-6,9,12-15,25H,3,7-8,19-20H2,1-2H3;4-5,8,11-14,25H,3,6-7,18H2,1-2H3,(H,21,24)/t14-,15+,16-,19-;14-,15+,16-,17-;12-,13?,14+,15-,17-;11-,12?,13+,14-,16-/m1111/s1. The van der Waals surface area contributed by atoms with Crippen LogP contribution >= 0.6 is 0 Å². The van der Waals surface area contributed by atoms with Gasteiger partial charge in [-0.1, -0.05) is 116 Å². The van der Waals surface area contributed by atoms with E-state index in [9.17, 15) is 52.6 Å². The molecule has 0 spiro atoms. The molecule has 1 amide bonds. The predicted molar refractivity (Wildman–Crippen MR) is 402 cm³/mol. The summed E-state index contributed by atoms with van der Waals surface area (Å²) >= 11 is 0. The van der Waals surface area contributed by atoms with Gasteiger partial charge in [0.25, 0.3) is 5.91 Å². The molecule has 8 rings (SSSR count). The molecule has 4 fully saturated rings. The first-order valence-electron chi connectivity index (χ1n) is 35.9. The van der Waals surface area contributed by atoms with Crippen LogP contribution < -0.4 is 34.0 Å². The normalized spacial score (nSPS) is 29.4. The number of nitrogens with zero attached hydrogens (tertiary/aromatic N) is 18. The lowest BCUT2D eigenvalue weighted by Gasteiger charge is -2.34. The zero-order valence-corrected chi connectivity index (χ0v) is 65.3. The molecule has 636 valence electrons. The lowest BCUT2D eigenvalue weighted by Crippen LogP contribution is -2.52. The molecular weight excluding hydrogens is 1540 g/mol. The summed E-state index contributed by atoms with van der Waals surface area (Å²) in [7, 11) is 0. The summed E-state index contributed by atoms with van der Waals surface area (Å²) in [6.07, 6.45) is -6.99. The van der Waals surface area contributed by atoms with Gasteiger partial charge in [-0.15, -0.1) is 0 Å². The number of azide groups is 4. The molecule has 8 aliphatic rings. The second-order valence-corrected chi connectivity index (χ2v) is 28.2. The number of nitrogens with one attached hydrogen (secondary N) is 1. The van der Waals surface area contributed by atoms with Crippen molar-refractivity contribution >= 4 is 53.4 Å². The first-order valence-corrected chi connectivity index (χ1v) is 35.9. The van der Waals surface area contributed by atoms with Crippen molar-refractivity contribution in [1.82, 2.24) is 24.9 Å². The maximum atomic E-state index is 15.7. The number of halogens is 4. The molecule has 0 bridgehead atoms. The molecule has 8 heterocycles. The van der Waals surface area contributed by atoms with Crippen LogP contribution in [0.2, 0.25) is 0 Å². The van der Waals surface area contributed by atoms with E-state index in [2.05, 4.69) is 81.7 Å². The predicted octanol–water partition coefficient (Wildman–Crippen LogP) is 4.65. The van der Waals surface area contributed by atoms with E-state index in [1.165, 1.54) is 68.7 Å². The third kappa shape index (κ3) is 23.4. The van der Waals surface area contributed by atoms with Crippen molar-refractivity contribution in [2.45, 2.75) is 191 Å². The number of allylic oxidation sites excluding steroid dienone is 2. The number of carbonyl (C=O) groups excluding carboxylic acids is 7. The maximum Gasteiger partial charge on any atom is 0.323 e. The first-order chi connectivity index (χ1) is 54.5. The zero-order chi connectivity index (χ0) is 87.1. The van der Waals surface area contributed by atoms with Crippen LogP contribution in [0.25, 0.3) is 41.8 Å². The molecule has 0 aromatic rings. The van der Waals surface area contributed by atoms with Crippen LogP contribution in [0.5, 0.6) is 0 Å². The van der Waals surface area contributed by atoms with Crippen molar-refractivity contribution < 1.29 is 109 Å². The quantitative estimate of drug-likeness (QED) is 0.0121. The van der Waals surface area contributed by atoms with Gasteiger partial charge >= 0.3 is 35.8 Å². The first kappa shape index (κ1) is 95.1. The summed E-state index contributed by atoms with van der Waals surface area (Å²) < 4.78 is 116. The molecule has 18 atom stereocenters. The minimum absolute atomic E-state index is 0.0165. The Morgan fingerprint density at radius 3 is 1.26 bits per heavy atom. The van der Waals surface area contributed by atoms with E-state index in [-0.39, 0.29) is 53.8 Å². The second kappa shape index (κ2) is 42.2. The summed E-state index contributed by atoms with van der Waals surface area (Å²) in [6.45, 7) is 27.4. The molecule has 2 unspecified atom stereocenters. The highest BCUT2D eigenvalue weighted by molar-refractivity contribution is 5.93. The Morgan fingerprint density at radius 1 is 0.526 bits per heavy atom. The highest BCUT2D eigenvalue weighted by atomic mass is 19.1. The fourth-order valence-corrected chi connectivity index (χ4v) is 11.5. The number of aliphatic imine (C=N–C) groups is 2. The highest BCUT2D eigenvalue weighted by Crippen LogP contribution is 2.44. The van der Waals surface area contributed by atoms with Gasteiger partial charge in [0.15, 0.2) is 73.0 Å². The van der Waals surface area contributed by atoms with Gasteiger partial charge in [0.05, 0.1) is 38.0 Å². The van der Waals surface area contributed by atoms with Crippen molar-refractivity contribution in [2.75, 3.05) is 52.6 Å². The summed E-state index contributed by atoms with van der Waals surface area (Å²) in [5, 5.41) is 37.1. The lowest BCUT2D eigenvalue weighted by atomic mass is 9.96. The van der Waals surface area contributed by atoms with Gasteiger partial charge in [-0.25, -0.2) is 27.5 Å². The average Bonchev–Trinajstić information content (AvgIpc) is 1.57. The number of nitrogens with two attached hydrogens (primary N) is 5. The number of hydrogen-bond donors (Lipinski definition) is 8. The van der Waals surface area contributed by atoms with Gasteiger partial charge in [-0.05, 0) is 58.3 Å². The number of carbonyl (C=O) groups is 7. The van der Waals surface area contributed by atoms with Crippen molar-refractivity contribution in [3.05, 3.63) is 152 Å². The number of aliphatic hydroxyl groups excluding tert-OH is 2. The van der Waals surface area contributed by atoms with Crippen LogP contribution in [0.4, 0.5) is 17.6 Å². The maximum absolute atomic E-state index is 15.7. The molecule has 13 N–H and O–H groups in total. The Balaban J connectivity index is 0.000000276. The molecular formula is C69H98F4N24O19. The SMILES string of the molecule is C=C1C=C(N)C=CN1[C@@H]1O[C@](CN=[N+]=[N-])(COC(=O)C(N)C(C)C)[C@@H](O)[C@H]1F.C=C1N=C(N)C=CN1[C@@H]1O[C@](CN=[N+]=[N-])(COC(=O)C(C)C)[C@@H](OC(=O)C(C)C)[C@H]1F.C=C1N=C(N)C=CN1[C@@H]1O[C@](CN=[N+]=[N-])(COC(=O)CC)[C@@H](OC(=O)CC)[C@H]1F.C=C1NC(=O)C=CN1[C@@H]1O[C@](CN=[N+]=[N-])(COC(=O)C(N)C(C)C)[C@@H](O)[C@H]1F. The van der Waals surface area contributed by atoms with Gasteiger partial charge in [0, 0.05) is 74.8 Å². The fourth-order valence-electron chi connectivity index (χ4n) is 11.5. The van der Waals surface area contributed by atoms with E-state index in [1.54, 1.807) is 69.2 Å². The Kier molecular flexibility index (Phi) is 34.6. The summed E-state index contributed by atoms with van der Waals surface area (Å²) in [6, 6.07) is -1.82. The van der Waals surface area contributed by atoms with E-state index < -0.39 is 215 Å². The van der Waals surface area contributed by atoms with E-state index in [0.29, 0.717) is 11.4 Å².